The Hall–Kier alpha value is -3.73. The van der Waals surface area contributed by atoms with Gasteiger partial charge < -0.3 is 20.1 Å². The Balaban J connectivity index is 1.28. The molecule has 0 radical (unpaired) electrons. The average Bonchev–Trinajstić information content (AvgIpc) is 3.64. The summed E-state index contributed by atoms with van der Waals surface area (Å²) in [6.07, 6.45) is 4.48. The van der Waals surface area contributed by atoms with Gasteiger partial charge in [-0.2, -0.15) is 0 Å². The van der Waals surface area contributed by atoms with Crippen LogP contribution in [0.5, 0.6) is 0 Å². The number of benzene rings is 1. The Kier molecular flexibility index (Phi) is 13.0. The maximum Gasteiger partial charge on any atom is 0.414 e. The SMILES string of the molecule is CCOC(=O)NC(=O)C1=CC(CCOC(=O)NC(=O)C2CCSC2NC(=O)c2c(F)cc(F)cc2F)SC1NC(=O)C1CCCCC1. The van der Waals surface area contributed by atoms with E-state index in [0.717, 1.165) is 43.9 Å². The van der Waals surface area contributed by atoms with Crippen molar-refractivity contribution in [3.05, 3.63) is 46.8 Å². The van der Waals surface area contributed by atoms with Crippen molar-refractivity contribution in [1.82, 2.24) is 21.3 Å². The fourth-order valence-corrected chi connectivity index (χ4v) is 8.08. The predicted molar refractivity (Wildman–Crippen MR) is 165 cm³/mol. The fraction of sp³-hybridized carbons (Fsp3) is 0.533. The van der Waals surface area contributed by atoms with Crippen molar-refractivity contribution in [1.29, 1.82) is 0 Å². The highest BCUT2D eigenvalue weighted by Crippen LogP contribution is 2.35. The minimum atomic E-state index is -1.40. The molecule has 1 aromatic rings. The molecule has 256 valence electrons. The van der Waals surface area contributed by atoms with Crippen LogP contribution in [0.1, 0.15) is 62.2 Å². The van der Waals surface area contributed by atoms with E-state index in [0.29, 0.717) is 17.9 Å². The molecule has 1 aliphatic carbocycles. The summed E-state index contributed by atoms with van der Waals surface area (Å²) >= 11 is 2.38. The summed E-state index contributed by atoms with van der Waals surface area (Å²) in [5.41, 5.74) is -0.835. The van der Waals surface area contributed by atoms with Gasteiger partial charge in [0.05, 0.1) is 24.5 Å². The molecule has 17 heteroatoms. The van der Waals surface area contributed by atoms with E-state index < -0.39 is 74.8 Å². The molecule has 1 saturated carbocycles. The van der Waals surface area contributed by atoms with Crippen LogP contribution in [0, 0.1) is 29.3 Å². The molecular weight excluding hydrogens is 665 g/mol. The molecule has 2 aliphatic heterocycles. The second-order valence-electron chi connectivity index (χ2n) is 11.0. The van der Waals surface area contributed by atoms with Crippen LogP contribution in [0.3, 0.4) is 0 Å². The van der Waals surface area contributed by atoms with E-state index >= 15 is 0 Å². The lowest BCUT2D eigenvalue weighted by atomic mass is 9.88. The highest BCUT2D eigenvalue weighted by molar-refractivity contribution is 8.01. The number of carbonyl (C=O) groups excluding carboxylic acids is 6. The lowest BCUT2D eigenvalue weighted by molar-refractivity contribution is -0.126. The van der Waals surface area contributed by atoms with Gasteiger partial charge in [0, 0.05) is 28.9 Å². The van der Waals surface area contributed by atoms with E-state index in [4.69, 9.17) is 9.47 Å². The summed E-state index contributed by atoms with van der Waals surface area (Å²) in [6, 6.07) is 0.735. The first-order valence-corrected chi connectivity index (χ1v) is 17.2. The summed E-state index contributed by atoms with van der Waals surface area (Å²) in [4.78, 5) is 75.3. The van der Waals surface area contributed by atoms with Crippen LogP contribution in [-0.2, 0) is 23.9 Å². The van der Waals surface area contributed by atoms with E-state index in [2.05, 4.69) is 21.3 Å². The summed E-state index contributed by atoms with van der Waals surface area (Å²) in [5.74, 6) is -7.52. The summed E-state index contributed by atoms with van der Waals surface area (Å²) in [5, 5.41) is 7.43. The van der Waals surface area contributed by atoms with Crippen LogP contribution in [0.25, 0.3) is 0 Å². The quantitative estimate of drug-likeness (QED) is 0.281. The summed E-state index contributed by atoms with van der Waals surface area (Å²) in [7, 11) is 0. The average molecular weight is 701 g/mol. The minimum absolute atomic E-state index is 0.0596. The van der Waals surface area contributed by atoms with Gasteiger partial charge in [-0.25, -0.2) is 22.8 Å². The molecule has 4 N–H and O–H groups in total. The third kappa shape index (κ3) is 9.89. The number of nitrogens with one attached hydrogen (secondary N) is 4. The van der Waals surface area contributed by atoms with Gasteiger partial charge in [-0.15, -0.1) is 23.5 Å². The predicted octanol–water partition coefficient (Wildman–Crippen LogP) is 3.89. The number of halogens is 3. The van der Waals surface area contributed by atoms with Gasteiger partial charge in [-0.1, -0.05) is 25.3 Å². The van der Waals surface area contributed by atoms with Gasteiger partial charge >= 0.3 is 12.2 Å². The number of alkyl carbamates (subject to hydrolysis) is 2. The number of hydrogen-bond acceptors (Lipinski definition) is 10. The van der Waals surface area contributed by atoms with Crippen LogP contribution < -0.4 is 21.3 Å². The highest BCUT2D eigenvalue weighted by atomic mass is 32.2. The third-order valence-electron chi connectivity index (χ3n) is 7.76. The van der Waals surface area contributed by atoms with Crippen LogP contribution in [0.4, 0.5) is 22.8 Å². The summed E-state index contributed by atoms with van der Waals surface area (Å²) < 4.78 is 51.2. The van der Waals surface area contributed by atoms with E-state index in [1.807, 2.05) is 0 Å². The molecule has 0 aromatic heterocycles. The van der Waals surface area contributed by atoms with Crippen LogP contribution in [0.2, 0.25) is 0 Å². The number of carbonyl (C=O) groups is 6. The Morgan fingerprint density at radius 2 is 1.53 bits per heavy atom. The molecule has 2 heterocycles. The number of hydrogen-bond donors (Lipinski definition) is 4. The zero-order valence-corrected chi connectivity index (χ0v) is 27.0. The maximum absolute atomic E-state index is 14.0. The molecular formula is C30H35F3N4O8S2. The van der Waals surface area contributed by atoms with Crippen LogP contribution in [-0.4, -0.2) is 70.8 Å². The standard InChI is InChI=1S/C30H35F3N4O8S2/c1-2-44-29(42)37-25(40)19-14-17(47-28(19)34-23(38)15-6-4-3-5-7-15)8-10-45-30(43)36-24(39)18-9-11-46-27(18)35-26(41)22-20(32)12-16(31)13-21(22)33/h12-15,17-18,27-28H,2-11H2,1H3,(H,34,38)(H,35,41)(H,36,39,43)(H,37,40,42). The van der Waals surface area contributed by atoms with E-state index in [-0.39, 0.29) is 43.5 Å². The second-order valence-corrected chi connectivity index (χ2v) is 13.6. The van der Waals surface area contributed by atoms with Crippen LogP contribution in [0.15, 0.2) is 23.8 Å². The van der Waals surface area contributed by atoms with Crippen LogP contribution >= 0.6 is 23.5 Å². The van der Waals surface area contributed by atoms with Crippen molar-refractivity contribution >= 4 is 59.3 Å². The number of imide groups is 2. The Labute approximate surface area is 277 Å². The second kappa shape index (κ2) is 16.9. The largest absolute Gasteiger partial charge is 0.450 e. The van der Waals surface area contributed by atoms with Crippen molar-refractivity contribution in [2.24, 2.45) is 11.8 Å². The fourth-order valence-electron chi connectivity index (χ4n) is 5.43. The third-order valence-corrected chi connectivity index (χ3v) is 10.4. The Bertz CT molecular complexity index is 1400. The number of rotatable bonds is 10. The minimum Gasteiger partial charge on any atom is -0.450 e. The van der Waals surface area contributed by atoms with Crippen molar-refractivity contribution in [3.63, 3.8) is 0 Å². The van der Waals surface area contributed by atoms with Crippen molar-refractivity contribution in [2.75, 3.05) is 19.0 Å². The zero-order valence-electron chi connectivity index (χ0n) is 25.4. The number of amides is 6. The van der Waals surface area contributed by atoms with E-state index in [1.165, 1.54) is 11.8 Å². The first kappa shape index (κ1) is 36.1. The lowest BCUT2D eigenvalue weighted by Crippen LogP contribution is -2.45. The van der Waals surface area contributed by atoms with Gasteiger partial charge in [0.15, 0.2) is 0 Å². The van der Waals surface area contributed by atoms with Crippen molar-refractivity contribution in [3.8, 4) is 0 Å². The van der Waals surface area contributed by atoms with Gasteiger partial charge in [0.25, 0.3) is 11.8 Å². The molecule has 1 aromatic carbocycles. The van der Waals surface area contributed by atoms with Crippen molar-refractivity contribution < 1.29 is 51.4 Å². The number of thioether (sulfide) groups is 2. The number of ether oxygens (including phenoxy) is 2. The molecule has 1 saturated heterocycles. The summed E-state index contributed by atoms with van der Waals surface area (Å²) in [6.45, 7) is 1.47. The van der Waals surface area contributed by atoms with Gasteiger partial charge in [0.2, 0.25) is 11.8 Å². The topological polar surface area (TPSA) is 169 Å². The monoisotopic (exact) mass is 700 g/mol. The molecule has 47 heavy (non-hydrogen) atoms. The molecule has 4 unspecified atom stereocenters. The molecule has 6 amide bonds. The van der Waals surface area contributed by atoms with Gasteiger partial charge in [-0.3, -0.25) is 29.8 Å². The molecule has 4 atom stereocenters. The molecule has 3 aliphatic rings. The molecule has 12 nitrogen and oxygen atoms in total. The molecule has 2 fully saturated rings. The zero-order chi connectivity index (χ0) is 34.1. The lowest BCUT2D eigenvalue weighted by Gasteiger charge is -2.24. The molecule has 0 spiro atoms. The normalized spacial score (nSPS) is 22.5. The molecule has 4 rings (SSSR count). The first-order chi connectivity index (χ1) is 22.5. The molecule has 0 bridgehead atoms. The Morgan fingerprint density at radius 1 is 0.851 bits per heavy atom. The first-order valence-electron chi connectivity index (χ1n) is 15.2. The highest BCUT2D eigenvalue weighted by Gasteiger charge is 2.38. The van der Waals surface area contributed by atoms with Gasteiger partial charge in [0.1, 0.15) is 28.4 Å². The van der Waals surface area contributed by atoms with Gasteiger partial charge in [-0.05, 0) is 38.4 Å². The maximum atomic E-state index is 14.0. The van der Waals surface area contributed by atoms with Crippen molar-refractivity contribution in [2.45, 2.75) is 67.9 Å². The Morgan fingerprint density at radius 3 is 2.21 bits per heavy atom. The van der Waals surface area contributed by atoms with E-state index in [1.54, 1.807) is 13.0 Å². The van der Waals surface area contributed by atoms with E-state index in [9.17, 15) is 41.9 Å². The smallest absolute Gasteiger partial charge is 0.414 e.